The largest absolute Gasteiger partial charge is 0.385 e. The Morgan fingerprint density at radius 3 is 2.57 bits per heavy atom. The van der Waals surface area contributed by atoms with Crippen LogP contribution in [0.25, 0.3) is 22.3 Å². The topological polar surface area (TPSA) is 252 Å². The third-order valence-electron chi connectivity index (χ3n) is 7.09. The molecule has 2 fully saturated rings. The molecule has 4 aromatic heterocycles. The van der Waals surface area contributed by atoms with E-state index in [1.54, 1.807) is 0 Å². The number of aromatic amines is 1. The fraction of sp³-hybridized carbons (Fsp3) is 0.524. The summed E-state index contributed by atoms with van der Waals surface area (Å²) in [7, 11) is 1.08. The van der Waals surface area contributed by atoms with Crippen molar-refractivity contribution in [2.75, 3.05) is 31.8 Å². The first-order chi connectivity index (χ1) is 21.8. The van der Waals surface area contributed by atoms with Crippen LogP contribution in [0.3, 0.4) is 0 Å². The lowest BCUT2D eigenvalue weighted by Crippen LogP contribution is -2.32. The second-order valence-corrected chi connectivity index (χ2v) is 15.9. The summed E-state index contributed by atoms with van der Waals surface area (Å²) in [5.74, 6) is -0.156. The van der Waals surface area contributed by atoms with Gasteiger partial charge in [-0.05, 0) is 11.8 Å². The van der Waals surface area contributed by atoms with Crippen molar-refractivity contribution in [3.8, 4) is 0 Å². The van der Waals surface area contributed by atoms with E-state index in [1.165, 1.54) is 17.2 Å². The summed E-state index contributed by atoms with van der Waals surface area (Å²) >= 11 is 8.92. The molecule has 2 saturated heterocycles. The van der Waals surface area contributed by atoms with Gasteiger partial charge in [-0.3, -0.25) is 28.0 Å². The van der Waals surface area contributed by atoms with E-state index in [4.69, 9.17) is 46.3 Å². The fourth-order valence-corrected chi connectivity index (χ4v) is 7.05. The number of nitrogens with two attached hydrogens (primary N) is 2. The van der Waals surface area contributed by atoms with E-state index in [0.29, 0.717) is 0 Å². The lowest BCUT2D eigenvalue weighted by molar-refractivity contribution is -0.0495. The molecule has 6 rings (SSSR count). The van der Waals surface area contributed by atoms with E-state index >= 15 is 8.78 Å². The first kappa shape index (κ1) is 33.2. The van der Waals surface area contributed by atoms with Crippen LogP contribution in [0.4, 0.5) is 20.5 Å². The van der Waals surface area contributed by atoms with Gasteiger partial charge < -0.3 is 34.9 Å². The molecule has 0 spiro atoms. The molecule has 0 amide bonds. The highest BCUT2D eigenvalue weighted by molar-refractivity contribution is 8.44. The lowest BCUT2D eigenvalue weighted by Gasteiger charge is -2.26. The minimum atomic E-state index is -4.31. The van der Waals surface area contributed by atoms with Crippen molar-refractivity contribution in [1.82, 2.24) is 39.0 Å². The Hall–Kier alpha value is -2.69. The Kier molecular flexibility index (Phi) is 9.19. The van der Waals surface area contributed by atoms with Crippen molar-refractivity contribution in [1.29, 1.82) is 0 Å². The van der Waals surface area contributed by atoms with Gasteiger partial charge in [0.05, 0.1) is 32.0 Å². The average molecular weight is 727 g/mol. The molecule has 6 N–H and O–H groups in total. The first-order valence-corrected chi connectivity index (χ1v) is 18.5. The molecule has 250 valence electrons. The molecule has 6 heterocycles. The van der Waals surface area contributed by atoms with Crippen LogP contribution in [0, 0.1) is 0 Å². The minimum Gasteiger partial charge on any atom is -0.382 e. The molecule has 19 nitrogen and oxygen atoms in total. The van der Waals surface area contributed by atoms with Crippen molar-refractivity contribution in [2.45, 2.75) is 49.5 Å². The Balaban J connectivity index is 1.19. The molecule has 0 aromatic carbocycles. The number of nitrogens with one attached hydrogen (secondary N) is 1. The highest BCUT2D eigenvalue weighted by Gasteiger charge is 2.51. The number of thiol groups is 1. The quantitative estimate of drug-likeness (QED) is 0.108. The summed E-state index contributed by atoms with van der Waals surface area (Å²) in [5.41, 5.74) is 11.1. The van der Waals surface area contributed by atoms with Gasteiger partial charge in [-0.2, -0.15) is 4.98 Å². The number of H-pyrrole nitrogens is 1. The average Bonchev–Trinajstić information content (AvgIpc) is 3.77. The van der Waals surface area contributed by atoms with E-state index in [-0.39, 0.29) is 40.5 Å². The number of imidazole rings is 2. The van der Waals surface area contributed by atoms with E-state index in [1.807, 2.05) is 0 Å². The van der Waals surface area contributed by atoms with Gasteiger partial charge in [0.25, 0.3) is 5.56 Å². The second-order valence-electron chi connectivity index (χ2n) is 10.0. The molecule has 4 aromatic rings. The van der Waals surface area contributed by atoms with Crippen LogP contribution >= 0.6 is 25.8 Å². The van der Waals surface area contributed by atoms with Gasteiger partial charge in [0, 0.05) is 13.5 Å². The molecular weight excluding hydrogens is 700 g/mol. The second kappa shape index (κ2) is 12.7. The number of alkyl halides is 2. The van der Waals surface area contributed by atoms with Crippen molar-refractivity contribution >= 4 is 71.7 Å². The van der Waals surface area contributed by atoms with Crippen molar-refractivity contribution in [3.63, 3.8) is 0 Å². The number of hydrogen-bond donors (Lipinski definition) is 5. The molecule has 0 radical (unpaired) electrons. The third-order valence-corrected chi connectivity index (χ3v) is 10.4. The van der Waals surface area contributed by atoms with Crippen LogP contribution in [0.2, 0.25) is 0 Å². The van der Waals surface area contributed by atoms with Gasteiger partial charge in [0.1, 0.15) is 30.2 Å². The number of anilines is 2. The van der Waals surface area contributed by atoms with Crippen molar-refractivity contribution < 1.29 is 45.8 Å². The van der Waals surface area contributed by atoms with Gasteiger partial charge in [-0.25, -0.2) is 33.3 Å². The lowest BCUT2D eigenvalue weighted by atomic mass is 10.1. The van der Waals surface area contributed by atoms with Crippen LogP contribution in [0.1, 0.15) is 18.9 Å². The number of aromatic nitrogens is 8. The molecule has 2 aliphatic rings. The summed E-state index contributed by atoms with van der Waals surface area (Å²) in [5, 5.41) is 0. The predicted molar refractivity (Wildman–Crippen MR) is 161 cm³/mol. The van der Waals surface area contributed by atoms with E-state index in [0.717, 1.165) is 18.0 Å². The summed E-state index contributed by atoms with van der Waals surface area (Å²) < 4.78 is 78.0. The molecule has 46 heavy (non-hydrogen) atoms. The van der Waals surface area contributed by atoms with Gasteiger partial charge in [-0.1, -0.05) is 12.2 Å². The summed E-state index contributed by atoms with van der Waals surface area (Å²) in [6, 6.07) is 0. The Labute approximate surface area is 266 Å². The van der Waals surface area contributed by atoms with Crippen LogP contribution in [0.15, 0.2) is 23.8 Å². The number of hydrogen-bond acceptors (Lipinski definition) is 16. The van der Waals surface area contributed by atoms with Crippen molar-refractivity contribution in [3.05, 3.63) is 29.3 Å². The monoisotopic (exact) mass is 726 g/mol. The maximum Gasteiger partial charge on any atom is 0.385 e. The highest BCUT2D eigenvalue weighted by atomic mass is 32.7. The number of rotatable bonds is 11. The number of nitrogen functional groups attached to an aromatic ring is 2. The third kappa shape index (κ3) is 6.54. The molecule has 0 saturated carbocycles. The predicted octanol–water partition coefficient (Wildman–Crippen LogP) is 1.30. The van der Waals surface area contributed by atoms with E-state index < -0.39 is 75.4 Å². The Morgan fingerprint density at radius 2 is 1.83 bits per heavy atom. The normalized spacial score (nSPS) is 29.4. The van der Waals surface area contributed by atoms with Gasteiger partial charge in [-0.15, -0.1) is 0 Å². The molecule has 0 bridgehead atoms. The zero-order valence-corrected chi connectivity index (χ0v) is 26.9. The summed E-state index contributed by atoms with van der Waals surface area (Å²) in [6.45, 7) is -9.22. The van der Waals surface area contributed by atoms with E-state index in [2.05, 4.69) is 46.7 Å². The molecule has 0 aliphatic carbocycles. The number of ether oxygens (including phenoxy) is 2. The van der Waals surface area contributed by atoms with E-state index in [9.17, 15) is 14.3 Å². The Bertz CT molecular complexity index is 1920. The van der Waals surface area contributed by atoms with Gasteiger partial charge in [0.15, 0.2) is 41.3 Å². The van der Waals surface area contributed by atoms with Gasteiger partial charge in [0.2, 0.25) is 5.95 Å². The molecule has 9 atom stereocenters. The maximum atomic E-state index is 15.9. The summed E-state index contributed by atoms with van der Waals surface area (Å²) in [6.07, 6.45) is -6.84. The molecular formula is C21H26F2N10O9P2S2. The van der Waals surface area contributed by atoms with Crippen LogP contribution in [0.5, 0.6) is 0 Å². The van der Waals surface area contributed by atoms with Crippen LogP contribution in [-0.4, -0.2) is 94.9 Å². The number of halogens is 2. The minimum absolute atomic E-state index is 0.101. The van der Waals surface area contributed by atoms with Crippen molar-refractivity contribution in [2.24, 2.45) is 0 Å². The molecule has 25 heteroatoms. The standard InChI is InChI=1S/C21H26F2N10O9P2S2/c1-37-43(35,45)39-4-10-11(23)14(20(41-10)33-7-29-13-17(33)30-21(25)31-18(13)34)42-44(36,46)38-3-8-2-9(22)19(40-8)32-6-28-12-15(24)26-5-27-16(12)32/h5-11,14,19-20H,2-4H2,1H3,(H,35,45)(H,36,46)(H2,24,26,27)(H3,25,30,31,34)/t8-,9-,10+,11+,14+,19+,20+,43?,44?/m0/s1. The zero-order valence-electron chi connectivity index (χ0n) is 23.4. The maximum absolute atomic E-state index is 15.9. The van der Waals surface area contributed by atoms with Crippen LogP contribution < -0.4 is 17.0 Å². The fourth-order valence-electron chi connectivity index (χ4n) is 4.99. The number of fused-ring (bicyclic) bond motifs is 2. The SMILES string of the molecule is COP(=O)(S)OC[C@H]1O[C@@H](n2cnc3c(=O)[nH]c(N)nc32)[C@H](OP(O)(=S)OC[C@@H]2C[C@H](F)[C@H](n3cnc4c(N)ncnc43)O2)[C@@H]1F. The molecule has 2 unspecified atom stereocenters. The highest BCUT2D eigenvalue weighted by Crippen LogP contribution is 2.54. The Morgan fingerprint density at radius 1 is 1.11 bits per heavy atom. The summed E-state index contributed by atoms with van der Waals surface area (Å²) in [4.78, 5) is 45.7. The number of nitrogens with zero attached hydrogens (tertiary/aromatic N) is 7. The first-order valence-electron chi connectivity index (χ1n) is 13.2. The molecule has 2 aliphatic heterocycles. The van der Waals surface area contributed by atoms with Crippen LogP contribution in [-0.2, 0) is 43.9 Å². The smallest absolute Gasteiger partial charge is 0.382 e. The van der Waals surface area contributed by atoms with Gasteiger partial charge >= 0.3 is 13.5 Å². The zero-order chi connectivity index (χ0) is 33.0.